The summed E-state index contributed by atoms with van der Waals surface area (Å²) in [6.45, 7) is 6.73. The van der Waals surface area contributed by atoms with E-state index in [9.17, 15) is 4.79 Å². The Kier molecular flexibility index (Phi) is 5.21. The van der Waals surface area contributed by atoms with Gasteiger partial charge in [-0.3, -0.25) is 9.69 Å². The number of nitrogens with one attached hydrogen (secondary N) is 1. The third-order valence-electron chi connectivity index (χ3n) is 5.24. The lowest BCUT2D eigenvalue weighted by Crippen LogP contribution is -2.43. The molecule has 1 amide bonds. The molecule has 0 spiro atoms. The summed E-state index contributed by atoms with van der Waals surface area (Å²) in [4.78, 5) is 19.5. The maximum absolute atomic E-state index is 12.8. The standard InChI is InChI=1S/C22H25N5O/c1-16(14-26-12-10-18-7-3-4-8-19(18)15-26)25-22(28)20-13-24-27(17(20)2)21-9-5-6-11-23-21/h3-9,11,13,16H,10,12,14-15H2,1-2H3,(H,25,28)/t16-/m0/s1. The van der Waals surface area contributed by atoms with Crippen molar-refractivity contribution in [1.82, 2.24) is 25.0 Å². The highest BCUT2D eigenvalue weighted by atomic mass is 16.1. The van der Waals surface area contributed by atoms with Crippen molar-refractivity contribution in [3.63, 3.8) is 0 Å². The molecular weight excluding hydrogens is 350 g/mol. The zero-order valence-electron chi connectivity index (χ0n) is 16.3. The fraction of sp³-hybridized carbons (Fsp3) is 0.318. The first kappa shape index (κ1) is 18.4. The van der Waals surface area contributed by atoms with E-state index in [1.165, 1.54) is 11.1 Å². The molecule has 28 heavy (non-hydrogen) atoms. The largest absolute Gasteiger partial charge is 0.348 e. The predicted octanol–water partition coefficient (Wildman–Crippen LogP) is 2.75. The van der Waals surface area contributed by atoms with Crippen LogP contribution in [0.5, 0.6) is 0 Å². The molecule has 0 fully saturated rings. The van der Waals surface area contributed by atoms with E-state index in [0.29, 0.717) is 11.4 Å². The van der Waals surface area contributed by atoms with Crippen LogP contribution in [-0.2, 0) is 13.0 Å². The van der Waals surface area contributed by atoms with E-state index >= 15 is 0 Å². The van der Waals surface area contributed by atoms with Crippen molar-refractivity contribution in [1.29, 1.82) is 0 Å². The molecule has 2 aromatic heterocycles. The van der Waals surface area contributed by atoms with E-state index in [1.54, 1.807) is 17.1 Å². The number of hydrogen-bond acceptors (Lipinski definition) is 4. The average molecular weight is 375 g/mol. The molecule has 0 radical (unpaired) electrons. The summed E-state index contributed by atoms with van der Waals surface area (Å²) >= 11 is 0. The van der Waals surface area contributed by atoms with Crippen molar-refractivity contribution in [2.24, 2.45) is 0 Å². The number of nitrogens with zero attached hydrogens (tertiary/aromatic N) is 4. The van der Waals surface area contributed by atoms with Crippen molar-refractivity contribution in [2.75, 3.05) is 13.1 Å². The minimum Gasteiger partial charge on any atom is -0.348 e. The van der Waals surface area contributed by atoms with Crippen molar-refractivity contribution in [3.8, 4) is 5.82 Å². The lowest BCUT2D eigenvalue weighted by molar-refractivity contribution is 0.0926. The Morgan fingerprint density at radius 2 is 1.96 bits per heavy atom. The third-order valence-corrected chi connectivity index (χ3v) is 5.24. The first-order valence-electron chi connectivity index (χ1n) is 9.68. The van der Waals surface area contributed by atoms with Gasteiger partial charge < -0.3 is 5.32 Å². The van der Waals surface area contributed by atoms with Crippen LogP contribution in [0.1, 0.15) is 34.1 Å². The zero-order chi connectivity index (χ0) is 19.5. The molecule has 3 aromatic rings. The van der Waals surface area contributed by atoms with Crippen molar-refractivity contribution in [2.45, 2.75) is 32.9 Å². The third kappa shape index (κ3) is 3.82. The maximum atomic E-state index is 12.8. The molecule has 0 aliphatic carbocycles. The van der Waals surface area contributed by atoms with E-state index in [4.69, 9.17) is 0 Å². The van der Waals surface area contributed by atoms with Crippen molar-refractivity contribution < 1.29 is 4.79 Å². The maximum Gasteiger partial charge on any atom is 0.255 e. The molecule has 1 aromatic carbocycles. The van der Waals surface area contributed by atoms with Crippen LogP contribution in [0.15, 0.2) is 54.9 Å². The fourth-order valence-corrected chi connectivity index (χ4v) is 3.79. The van der Waals surface area contributed by atoms with Crippen LogP contribution in [0, 0.1) is 6.92 Å². The minimum atomic E-state index is -0.0930. The Bertz CT molecular complexity index is 966. The number of hydrogen-bond donors (Lipinski definition) is 1. The van der Waals surface area contributed by atoms with Gasteiger partial charge in [-0.2, -0.15) is 5.10 Å². The Morgan fingerprint density at radius 3 is 2.75 bits per heavy atom. The fourth-order valence-electron chi connectivity index (χ4n) is 3.79. The number of benzene rings is 1. The van der Waals surface area contributed by atoms with Gasteiger partial charge in [0, 0.05) is 31.9 Å². The Hall–Kier alpha value is -2.99. The predicted molar refractivity (Wildman–Crippen MR) is 108 cm³/mol. The van der Waals surface area contributed by atoms with E-state index in [-0.39, 0.29) is 11.9 Å². The molecule has 0 bridgehead atoms. The van der Waals surface area contributed by atoms with E-state index in [1.807, 2.05) is 25.1 Å². The number of aromatic nitrogens is 3. The zero-order valence-corrected chi connectivity index (χ0v) is 16.3. The van der Waals surface area contributed by atoms with Crippen LogP contribution in [0.3, 0.4) is 0 Å². The highest BCUT2D eigenvalue weighted by molar-refractivity contribution is 5.95. The Balaban J connectivity index is 1.38. The molecule has 0 saturated heterocycles. The van der Waals surface area contributed by atoms with Crippen LogP contribution < -0.4 is 5.32 Å². The molecule has 0 unspecified atom stereocenters. The summed E-state index contributed by atoms with van der Waals surface area (Å²) < 4.78 is 1.70. The first-order chi connectivity index (χ1) is 13.6. The summed E-state index contributed by atoms with van der Waals surface area (Å²) in [7, 11) is 0. The second-order valence-electron chi connectivity index (χ2n) is 7.37. The second kappa shape index (κ2) is 7.94. The minimum absolute atomic E-state index is 0.0513. The van der Waals surface area contributed by atoms with Crippen LogP contribution in [0.2, 0.25) is 0 Å². The number of fused-ring (bicyclic) bond motifs is 1. The summed E-state index contributed by atoms with van der Waals surface area (Å²) in [5.74, 6) is 0.615. The molecule has 1 aliphatic heterocycles. The van der Waals surface area contributed by atoms with Crippen molar-refractivity contribution in [3.05, 3.63) is 77.2 Å². The van der Waals surface area contributed by atoms with Gasteiger partial charge in [-0.15, -0.1) is 0 Å². The van der Waals surface area contributed by atoms with Crippen LogP contribution in [-0.4, -0.2) is 44.7 Å². The van der Waals surface area contributed by atoms with Gasteiger partial charge in [0.25, 0.3) is 5.91 Å². The smallest absolute Gasteiger partial charge is 0.255 e. The summed E-state index contributed by atoms with van der Waals surface area (Å²) in [6.07, 6.45) is 4.39. The number of amides is 1. The molecule has 1 aliphatic rings. The summed E-state index contributed by atoms with van der Waals surface area (Å²) in [5.41, 5.74) is 4.20. The lowest BCUT2D eigenvalue weighted by Gasteiger charge is -2.31. The van der Waals surface area contributed by atoms with Gasteiger partial charge in [-0.25, -0.2) is 9.67 Å². The quantitative estimate of drug-likeness (QED) is 0.745. The highest BCUT2D eigenvalue weighted by Crippen LogP contribution is 2.18. The summed E-state index contributed by atoms with van der Waals surface area (Å²) in [5, 5.41) is 7.46. The van der Waals surface area contributed by atoms with E-state index < -0.39 is 0 Å². The normalized spacial score (nSPS) is 15.1. The number of carbonyl (C=O) groups excluding carboxylic acids is 1. The van der Waals surface area contributed by atoms with E-state index in [0.717, 1.165) is 31.7 Å². The monoisotopic (exact) mass is 375 g/mol. The second-order valence-corrected chi connectivity index (χ2v) is 7.37. The van der Waals surface area contributed by atoms with Gasteiger partial charge in [0.15, 0.2) is 5.82 Å². The summed E-state index contributed by atoms with van der Waals surface area (Å²) in [6, 6.07) is 14.3. The first-order valence-corrected chi connectivity index (χ1v) is 9.68. The molecule has 4 rings (SSSR count). The lowest BCUT2D eigenvalue weighted by atomic mass is 9.99. The average Bonchev–Trinajstić information content (AvgIpc) is 3.10. The van der Waals surface area contributed by atoms with Crippen LogP contribution in [0.25, 0.3) is 5.82 Å². The van der Waals surface area contributed by atoms with Gasteiger partial charge in [0.05, 0.1) is 17.5 Å². The van der Waals surface area contributed by atoms with Crippen LogP contribution in [0.4, 0.5) is 0 Å². The number of carbonyl (C=O) groups is 1. The molecular formula is C22H25N5O. The highest BCUT2D eigenvalue weighted by Gasteiger charge is 2.21. The number of pyridine rings is 1. The van der Waals surface area contributed by atoms with Crippen LogP contribution >= 0.6 is 0 Å². The number of rotatable bonds is 5. The van der Waals surface area contributed by atoms with Gasteiger partial charge in [-0.05, 0) is 43.5 Å². The molecule has 3 heterocycles. The van der Waals surface area contributed by atoms with Gasteiger partial charge >= 0.3 is 0 Å². The van der Waals surface area contributed by atoms with Gasteiger partial charge in [0.1, 0.15) is 0 Å². The molecule has 0 saturated carbocycles. The molecule has 1 N–H and O–H groups in total. The molecule has 1 atom stereocenters. The van der Waals surface area contributed by atoms with Gasteiger partial charge in [0.2, 0.25) is 0 Å². The van der Waals surface area contributed by atoms with E-state index in [2.05, 4.69) is 51.5 Å². The molecule has 144 valence electrons. The molecule has 6 heteroatoms. The SMILES string of the molecule is Cc1c(C(=O)N[C@@H](C)CN2CCc3ccccc3C2)cnn1-c1ccccn1. The molecule has 6 nitrogen and oxygen atoms in total. The Morgan fingerprint density at radius 1 is 1.18 bits per heavy atom. The Labute approximate surface area is 165 Å². The van der Waals surface area contributed by atoms with Crippen molar-refractivity contribution >= 4 is 5.91 Å². The van der Waals surface area contributed by atoms with Gasteiger partial charge in [-0.1, -0.05) is 30.3 Å². The topological polar surface area (TPSA) is 63.1 Å².